The highest BCUT2D eigenvalue weighted by atomic mass is 14.6. The maximum Gasteiger partial charge on any atom is 0.0270 e. The van der Waals surface area contributed by atoms with Gasteiger partial charge in [-0.2, -0.15) is 0 Å². The molecule has 0 amide bonds. The van der Waals surface area contributed by atoms with Crippen LogP contribution in [-0.4, -0.2) is 4.98 Å². The van der Waals surface area contributed by atoms with Crippen molar-refractivity contribution in [2.24, 2.45) is 0 Å². The standard InChI is InChI=1S/C18H22.C17H21N/c1-18(2,3)17-12-8-7-11-16(17)14-13-15-9-5-4-6-10-15;1-17(2,3)16-7-5-4-6-15(16)9-8-14-10-12-18-13-11-14/h4-12H,13-14H2,1-3H3;4-7,10-13H,8-9H2,1-3H3. The van der Waals surface area contributed by atoms with E-state index in [1.54, 1.807) is 0 Å². The number of hydrogen-bond donors (Lipinski definition) is 0. The van der Waals surface area contributed by atoms with E-state index in [0.29, 0.717) is 0 Å². The second-order valence-electron chi connectivity index (χ2n) is 11.7. The number of rotatable bonds is 6. The van der Waals surface area contributed by atoms with E-state index in [2.05, 4.69) is 138 Å². The molecule has 0 bridgehead atoms. The van der Waals surface area contributed by atoms with Crippen LogP contribution in [0.1, 0.15) is 74.9 Å². The van der Waals surface area contributed by atoms with Crippen LogP contribution >= 0.6 is 0 Å². The molecule has 4 aromatic rings. The van der Waals surface area contributed by atoms with Crippen molar-refractivity contribution < 1.29 is 0 Å². The predicted molar refractivity (Wildman–Crippen MR) is 156 cm³/mol. The van der Waals surface area contributed by atoms with Gasteiger partial charge in [0.15, 0.2) is 0 Å². The fraction of sp³-hybridized carbons (Fsp3) is 0.343. The number of hydrogen-bond acceptors (Lipinski definition) is 1. The summed E-state index contributed by atoms with van der Waals surface area (Å²) in [6.45, 7) is 13.7. The third-order valence-electron chi connectivity index (χ3n) is 6.61. The lowest BCUT2D eigenvalue weighted by atomic mass is 9.82. The third-order valence-corrected chi connectivity index (χ3v) is 6.61. The van der Waals surface area contributed by atoms with E-state index in [4.69, 9.17) is 0 Å². The van der Waals surface area contributed by atoms with Crippen LogP contribution in [-0.2, 0) is 36.5 Å². The monoisotopic (exact) mass is 477 g/mol. The zero-order chi connectivity index (χ0) is 26.0. The molecule has 0 saturated carbocycles. The summed E-state index contributed by atoms with van der Waals surface area (Å²) in [5.41, 5.74) is 9.09. The Balaban J connectivity index is 0.000000201. The van der Waals surface area contributed by atoms with Crippen LogP contribution in [0.3, 0.4) is 0 Å². The summed E-state index contributed by atoms with van der Waals surface area (Å²) < 4.78 is 0. The Morgan fingerprint density at radius 1 is 0.444 bits per heavy atom. The topological polar surface area (TPSA) is 12.9 Å². The highest BCUT2D eigenvalue weighted by molar-refractivity contribution is 5.34. The van der Waals surface area contributed by atoms with Gasteiger partial charge < -0.3 is 0 Å². The molecule has 0 atom stereocenters. The predicted octanol–water partition coefficient (Wildman–Crippen LogP) is 8.93. The van der Waals surface area contributed by atoms with Crippen LogP contribution in [0.4, 0.5) is 0 Å². The zero-order valence-corrected chi connectivity index (χ0v) is 23.1. The van der Waals surface area contributed by atoms with Crippen molar-refractivity contribution >= 4 is 0 Å². The number of pyridine rings is 1. The van der Waals surface area contributed by atoms with E-state index >= 15 is 0 Å². The first-order valence-electron chi connectivity index (χ1n) is 13.2. The van der Waals surface area contributed by atoms with Crippen molar-refractivity contribution in [3.05, 3.63) is 137 Å². The SMILES string of the molecule is CC(C)(C)c1ccccc1CCc1ccccc1.CC(C)(C)c1ccccc1CCc1ccncc1. The molecule has 0 N–H and O–H groups in total. The summed E-state index contributed by atoms with van der Waals surface area (Å²) in [6.07, 6.45) is 8.15. The van der Waals surface area contributed by atoms with Crippen molar-refractivity contribution in [2.45, 2.75) is 78.1 Å². The van der Waals surface area contributed by atoms with E-state index in [-0.39, 0.29) is 10.8 Å². The minimum Gasteiger partial charge on any atom is -0.265 e. The molecule has 188 valence electrons. The van der Waals surface area contributed by atoms with Gasteiger partial charge in [0.25, 0.3) is 0 Å². The summed E-state index contributed by atoms with van der Waals surface area (Å²) in [7, 11) is 0. The van der Waals surface area contributed by atoms with Crippen LogP contribution in [0.5, 0.6) is 0 Å². The molecule has 0 aliphatic rings. The molecule has 0 unspecified atom stereocenters. The Morgan fingerprint density at radius 2 is 0.833 bits per heavy atom. The van der Waals surface area contributed by atoms with Gasteiger partial charge in [0, 0.05) is 12.4 Å². The zero-order valence-electron chi connectivity index (χ0n) is 23.1. The molecule has 36 heavy (non-hydrogen) atoms. The van der Waals surface area contributed by atoms with Crippen LogP contribution in [0.15, 0.2) is 103 Å². The average Bonchev–Trinajstić information content (AvgIpc) is 2.87. The molecule has 0 saturated heterocycles. The third kappa shape index (κ3) is 8.48. The molecule has 0 aliphatic heterocycles. The van der Waals surface area contributed by atoms with Crippen molar-refractivity contribution in [3.8, 4) is 0 Å². The second kappa shape index (κ2) is 12.7. The Labute approximate surface area is 219 Å². The normalized spacial score (nSPS) is 11.5. The molecule has 0 spiro atoms. The van der Waals surface area contributed by atoms with Crippen molar-refractivity contribution in [1.29, 1.82) is 0 Å². The van der Waals surface area contributed by atoms with Gasteiger partial charge in [-0.1, -0.05) is 120 Å². The van der Waals surface area contributed by atoms with Gasteiger partial charge >= 0.3 is 0 Å². The van der Waals surface area contributed by atoms with E-state index < -0.39 is 0 Å². The number of benzene rings is 3. The largest absolute Gasteiger partial charge is 0.265 e. The molecule has 0 fully saturated rings. The molecular formula is C35H43N. The Kier molecular flexibility index (Phi) is 9.65. The summed E-state index contributed by atoms with van der Waals surface area (Å²) in [5, 5.41) is 0. The maximum absolute atomic E-state index is 4.06. The van der Waals surface area contributed by atoms with E-state index in [9.17, 15) is 0 Å². The molecule has 1 aromatic heterocycles. The molecule has 4 rings (SSSR count). The second-order valence-corrected chi connectivity index (χ2v) is 11.7. The number of aromatic nitrogens is 1. The van der Waals surface area contributed by atoms with Crippen molar-refractivity contribution in [1.82, 2.24) is 4.98 Å². The molecule has 3 aromatic carbocycles. The highest BCUT2D eigenvalue weighted by Crippen LogP contribution is 2.27. The van der Waals surface area contributed by atoms with Crippen molar-refractivity contribution in [3.63, 3.8) is 0 Å². The van der Waals surface area contributed by atoms with Gasteiger partial charge in [-0.3, -0.25) is 4.98 Å². The lowest BCUT2D eigenvalue weighted by molar-refractivity contribution is 0.581. The molecule has 0 radical (unpaired) electrons. The fourth-order valence-corrected chi connectivity index (χ4v) is 4.69. The minimum absolute atomic E-state index is 0.217. The molecular weight excluding hydrogens is 434 g/mol. The first-order chi connectivity index (χ1) is 17.1. The van der Waals surface area contributed by atoms with Gasteiger partial charge in [-0.05, 0) is 82.0 Å². The Morgan fingerprint density at radius 3 is 1.28 bits per heavy atom. The van der Waals surface area contributed by atoms with Crippen LogP contribution in [0, 0.1) is 0 Å². The van der Waals surface area contributed by atoms with Gasteiger partial charge in [0.05, 0.1) is 0 Å². The molecule has 1 heterocycles. The first-order valence-corrected chi connectivity index (χ1v) is 13.2. The Bertz CT molecular complexity index is 1080. The lowest BCUT2D eigenvalue weighted by Crippen LogP contribution is -2.14. The average molecular weight is 478 g/mol. The highest BCUT2D eigenvalue weighted by Gasteiger charge is 2.17. The van der Waals surface area contributed by atoms with Gasteiger partial charge in [-0.15, -0.1) is 0 Å². The Hall–Kier alpha value is -3.19. The van der Waals surface area contributed by atoms with Crippen molar-refractivity contribution in [2.75, 3.05) is 0 Å². The number of aryl methyl sites for hydroxylation is 4. The van der Waals surface area contributed by atoms with Crippen LogP contribution in [0.2, 0.25) is 0 Å². The summed E-state index contributed by atoms with van der Waals surface area (Å²) in [6, 6.07) is 32.5. The summed E-state index contributed by atoms with van der Waals surface area (Å²) in [4.78, 5) is 4.06. The maximum atomic E-state index is 4.06. The van der Waals surface area contributed by atoms with Crippen LogP contribution < -0.4 is 0 Å². The minimum atomic E-state index is 0.217. The van der Waals surface area contributed by atoms with E-state index in [1.165, 1.54) is 33.4 Å². The lowest BCUT2D eigenvalue weighted by Gasteiger charge is -2.23. The van der Waals surface area contributed by atoms with Gasteiger partial charge in [0.1, 0.15) is 0 Å². The smallest absolute Gasteiger partial charge is 0.0270 e. The fourth-order valence-electron chi connectivity index (χ4n) is 4.69. The van der Waals surface area contributed by atoms with Crippen LogP contribution in [0.25, 0.3) is 0 Å². The number of nitrogens with zero attached hydrogens (tertiary/aromatic N) is 1. The molecule has 0 aliphatic carbocycles. The van der Waals surface area contributed by atoms with Gasteiger partial charge in [0.2, 0.25) is 0 Å². The van der Waals surface area contributed by atoms with E-state index in [0.717, 1.165) is 25.7 Å². The quantitative estimate of drug-likeness (QED) is 0.270. The van der Waals surface area contributed by atoms with Gasteiger partial charge in [-0.25, -0.2) is 0 Å². The first kappa shape index (κ1) is 27.4. The van der Waals surface area contributed by atoms with E-state index in [1.807, 2.05) is 12.4 Å². The summed E-state index contributed by atoms with van der Waals surface area (Å²) >= 11 is 0. The molecule has 1 heteroatoms. The summed E-state index contributed by atoms with van der Waals surface area (Å²) in [5.74, 6) is 0. The molecule has 1 nitrogen and oxygen atoms in total.